The Morgan fingerprint density at radius 3 is 2.84 bits per heavy atom. The lowest BCUT2D eigenvalue weighted by atomic mass is 10.1. The smallest absolute Gasteiger partial charge is 0.273 e. The molecular formula is C13H21N3O3. The van der Waals surface area contributed by atoms with Gasteiger partial charge in [0.15, 0.2) is 5.69 Å². The van der Waals surface area contributed by atoms with Crippen LogP contribution < -0.4 is 5.32 Å². The maximum Gasteiger partial charge on any atom is 0.273 e. The zero-order valence-electron chi connectivity index (χ0n) is 11.6. The molecule has 1 aromatic rings. The van der Waals surface area contributed by atoms with E-state index >= 15 is 0 Å². The Balaban J connectivity index is 2.06. The van der Waals surface area contributed by atoms with Crippen LogP contribution in [0.4, 0.5) is 0 Å². The van der Waals surface area contributed by atoms with Crippen LogP contribution in [0.3, 0.4) is 0 Å². The maximum absolute atomic E-state index is 12.0. The van der Waals surface area contributed by atoms with Gasteiger partial charge in [0, 0.05) is 31.7 Å². The van der Waals surface area contributed by atoms with E-state index in [0.717, 1.165) is 38.3 Å². The van der Waals surface area contributed by atoms with E-state index in [1.807, 2.05) is 13.8 Å². The minimum Gasteiger partial charge on any atom is -0.379 e. The van der Waals surface area contributed by atoms with Crippen molar-refractivity contribution in [3.8, 4) is 0 Å². The molecule has 1 N–H and O–H groups in total. The van der Waals surface area contributed by atoms with Crippen LogP contribution in [0.2, 0.25) is 0 Å². The summed E-state index contributed by atoms with van der Waals surface area (Å²) in [6.45, 7) is 8.43. The van der Waals surface area contributed by atoms with Crippen molar-refractivity contribution in [1.82, 2.24) is 15.4 Å². The first-order valence-electron chi connectivity index (χ1n) is 6.75. The van der Waals surface area contributed by atoms with Gasteiger partial charge in [-0.05, 0) is 13.3 Å². The summed E-state index contributed by atoms with van der Waals surface area (Å²) in [6.07, 6.45) is 0.904. The number of morpholine rings is 1. The molecule has 1 aromatic heterocycles. The monoisotopic (exact) mass is 267 g/mol. The normalized spacial score (nSPS) is 16.5. The number of hydrogen-bond acceptors (Lipinski definition) is 5. The van der Waals surface area contributed by atoms with E-state index in [-0.39, 0.29) is 5.91 Å². The van der Waals surface area contributed by atoms with E-state index in [1.165, 1.54) is 0 Å². The Morgan fingerprint density at radius 2 is 2.16 bits per heavy atom. The van der Waals surface area contributed by atoms with E-state index in [9.17, 15) is 4.79 Å². The van der Waals surface area contributed by atoms with Crippen LogP contribution >= 0.6 is 0 Å². The SMILES string of the molecule is CCCNC(=O)c1noc(C)c1CN1CCOCC1. The van der Waals surface area contributed by atoms with Crippen molar-refractivity contribution in [3.63, 3.8) is 0 Å². The number of amides is 1. The zero-order chi connectivity index (χ0) is 13.7. The summed E-state index contributed by atoms with van der Waals surface area (Å²) in [6, 6.07) is 0. The van der Waals surface area contributed by atoms with Gasteiger partial charge >= 0.3 is 0 Å². The zero-order valence-corrected chi connectivity index (χ0v) is 11.6. The largest absolute Gasteiger partial charge is 0.379 e. The van der Waals surface area contributed by atoms with E-state index < -0.39 is 0 Å². The third-order valence-corrected chi connectivity index (χ3v) is 3.22. The number of hydrogen-bond donors (Lipinski definition) is 1. The highest BCUT2D eigenvalue weighted by molar-refractivity contribution is 5.93. The molecule has 6 heteroatoms. The maximum atomic E-state index is 12.0. The van der Waals surface area contributed by atoms with Gasteiger partial charge in [0.2, 0.25) is 0 Å². The predicted octanol–water partition coefficient (Wildman–Crippen LogP) is 0.955. The van der Waals surface area contributed by atoms with Gasteiger partial charge in [-0.25, -0.2) is 0 Å². The highest BCUT2D eigenvalue weighted by Gasteiger charge is 2.22. The Kier molecular flexibility index (Phi) is 4.93. The van der Waals surface area contributed by atoms with Crippen molar-refractivity contribution in [1.29, 1.82) is 0 Å². The number of rotatable bonds is 5. The number of carbonyl (C=O) groups is 1. The number of ether oxygens (including phenoxy) is 1. The Morgan fingerprint density at radius 1 is 1.42 bits per heavy atom. The van der Waals surface area contributed by atoms with Crippen molar-refractivity contribution in [2.45, 2.75) is 26.8 Å². The van der Waals surface area contributed by atoms with Crippen LogP contribution in [-0.2, 0) is 11.3 Å². The van der Waals surface area contributed by atoms with E-state index in [0.29, 0.717) is 24.5 Å². The van der Waals surface area contributed by atoms with Crippen LogP contribution in [0.15, 0.2) is 4.52 Å². The van der Waals surface area contributed by atoms with Crippen LogP contribution in [0.1, 0.15) is 35.2 Å². The number of nitrogens with zero attached hydrogens (tertiary/aromatic N) is 2. The van der Waals surface area contributed by atoms with Gasteiger partial charge in [0.1, 0.15) is 5.76 Å². The molecule has 1 aliphatic rings. The second-order valence-electron chi connectivity index (χ2n) is 4.71. The summed E-state index contributed by atoms with van der Waals surface area (Å²) in [4.78, 5) is 14.3. The standard InChI is InChI=1S/C13H21N3O3/c1-3-4-14-13(17)12-11(10(2)19-15-12)9-16-5-7-18-8-6-16/h3-9H2,1-2H3,(H,14,17). The molecule has 2 heterocycles. The molecule has 1 amide bonds. The highest BCUT2D eigenvalue weighted by atomic mass is 16.5. The highest BCUT2D eigenvalue weighted by Crippen LogP contribution is 2.16. The fourth-order valence-corrected chi connectivity index (χ4v) is 2.06. The molecule has 1 saturated heterocycles. The lowest BCUT2D eigenvalue weighted by Gasteiger charge is -2.26. The molecule has 0 unspecified atom stereocenters. The molecule has 0 saturated carbocycles. The fraction of sp³-hybridized carbons (Fsp3) is 0.692. The molecule has 1 aliphatic heterocycles. The molecule has 0 atom stereocenters. The summed E-state index contributed by atoms with van der Waals surface area (Å²) in [5.41, 5.74) is 1.30. The van der Waals surface area contributed by atoms with Crippen molar-refractivity contribution in [2.75, 3.05) is 32.8 Å². The van der Waals surface area contributed by atoms with Crippen LogP contribution in [-0.4, -0.2) is 48.8 Å². The molecule has 0 radical (unpaired) electrons. The average Bonchev–Trinajstić information content (AvgIpc) is 2.79. The van der Waals surface area contributed by atoms with Gasteiger partial charge in [-0.3, -0.25) is 9.69 Å². The quantitative estimate of drug-likeness (QED) is 0.860. The molecule has 6 nitrogen and oxygen atoms in total. The minimum atomic E-state index is -0.151. The number of nitrogens with one attached hydrogen (secondary N) is 1. The lowest BCUT2D eigenvalue weighted by Crippen LogP contribution is -2.36. The van der Waals surface area contributed by atoms with E-state index in [2.05, 4.69) is 15.4 Å². The van der Waals surface area contributed by atoms with Gasteiger partial charge in [-0.2, -0.15) is 0 Å². The van der Waals surface area contributed by atoms with Gasteiger partial charge in [0.25, 0.3) is 5.91 Å². The van der Waals surface area contributed by atoms with Gasteiger partial charge < -0.3 is 14.6 Å². The van der Waals surface area contributed by atoms with Crippen molar-refractivity contribution < 1.29 is 14.1 Å². The first-order valence-corrected chi connectivity index (χ1v) is 6.75. The second-order valence-corrected chi connectivity index (χ2v) is 4.71. The van der Waals surface area contributed by atoms with Gasteiger partial charge in [-0.1, -0.05) is 12.1 Å². The summed E-state index contributed by atoms with van der Waals surface area (Å²) in [5.74, 6) is 0.565. The Labute approximate surface area is 113 Å². The lowest BCUT2D eigenvalue weighted by molar-refractivity contribution is 0.0339. The molecule has 0 bridgehead atoms. The second kappa shape index (κ2) is 6.68. The van der Waals surface area contributed by atoms with Crippen LogP contribution in [0.25, 0.3) is 0 Å². The van der Waals surface area contributed by atoms with Gasteiger partial charge in [-0.15, -0.1) is 0 Å². The fourth-order valence-electron chi connectivity index (χ4n) is 2.06. The molecule has 19 heavy (non-hydrogen) atoms. The predicted molar refractivity (Wildman–Crippen MR) is 70.0 cm³/mol. The van der Waals surface area contributed by atoms with Crippen LogP contribution in [0, 0.1) is 6.92 Å². The summed E-state index contributed by atoms with van der Waals surface area (Å²) in [7, 11) is 0. The van der Waals surface area contributed by atoms with Crippen LogP contribution in [0.5, 0.6) is 0 Å². The molecule has 0 spiro atoms. The number of aryl methyl sites for hydroxylation is 1. The molecular weight excluding hydrogens is 246 g/mol. The average molecular weight is 267 g/mol. The Hall–Kier alpha value is -1.40. The summed E-state index contributed by atoms with van der Waals surface area (Å²) in [5, 5.41) is 6.72. The molecule has 0 aliphatic carbocycles. The molecule has 106 valence electrons. The third-order valence-electron chi connectivity index (χ3n) is 3.22. The number of aromatic nitrogens is 1. The first kappa shape index (κ1) is 14.0. The minimum absolute atomic E-state index is 0.151. The summed E-state index contributed by atoms with van der Waals surface area (Å²) < 4.78 is 10.5. The first-order chi connectivity index (χ1) is 9.22. The topological polar surface area (TPSA) is 67.6 Å². The third kappa shape index (κ3) is 3.54. The number of carbonyl (C=O) groups excluding carboxylic acids is 1. The van der Waals surface area contributed by atoms with Crippen molar-refractivity contribution >= 4 is 5.91 Å². The van der Waals surface area contributed by atoms with Crippen molar-refractivity contribution in [3.05, 3.63) is 17.0 Å². The molecule has 1 fully saturated rings. The van der Waals surface area contributed by atoms with Crippen molar-refractivity contribution in [2.24, 2.45) is 0 Å². The molecule has 2 rings (SSSR count). The van der Waals surface area contributed by atoms with E-state index in [1.54, 1.807) is 0 Å². The Bertz CT molecular complexity index is 425. The molecule has 0 aromatic carbocycles. The van der Waals surface area contributed by atoms with Gasteiger partial charge in [0.05, 0.1) is 13.2 Å². The summed E-state index contributed by atoms with van der Waals surface area (Å²) >= 11 is 0. The van der Waals surface area contributed by atoms with E-state index in [4.69, 9.17) is 9.26 Å².